The Kier molecular flexibility index (Phi) is 10.2. The summed E-state index contributed by atoms with van der Waals surface area (Å²) in [4.78, 5) is 24.5. The van der Waals surface area contributed by atoms with Crippen molar-refractivity contribution in [2.45, 2.75) is 78.6 Å². The van der Waals surface area contributed by atoms with E-state index in [4.69, 9.17) is 35.6 Å². The Hall–Kier alpha value is -3.21. The van der Waals surface area contributed by atoms with Crippen molar-refractivity contribution in [2.24, 2.45) is 0 Å². The molecule has 0 spiro atoms. The molecular formula is C30H40ClN5O5. The van der Waals surface area contributed by atoms with Crippen molar-refractivity contribution in [2.75, 3.05) is 26.7 Å². The summed E-state index contributed by atoms with van der Waals surface area (Å²) >= 11 is 6.67. The van der Waals surface area contributed by atoms with Gasteiger partial charge in [0.25, 0.3) is 0 Å². The van der Waals surface area contributed by atoms with Gasteiger partial charge in [0.05, 0.1) is 28.1 Å². The monoisotopic (exact) mass is 585 g/mol. The number of likely N-dealkylation sites (N-methyl/N-ethyl adjacent to an activating group) is 1. The summed E-state index contributed by atoms with van der Waals surface area (Å²) in [6.07, 6.45) is 2.17. The second-order valence-electron chi connectivity index (χ2n) is 10.8. The summed E-state index contributed by atoms with van der Waals surface area (Å²) in [5, 5.41) is 17.6. The first-order chi connectivity index (χ1) is 19.6. The first kappa shape index (κ1) is 30.7. The molecule has 11 heteroatoms. The maximum Gasteiger partial charge on any atom is 0.410 e. The average Bonchev–Trinajstić information content (AvgIpc) is 3.53. The number of likely N-dealkylation sites (tertiary alicyclic amines) is 1. The number of nitrogens with one attached hydrogen (secondary N) is 1. The molecule has 1 aliphatic rings. The summed E-state index contributed by atoms with van der Waals surface area (Å²) in [5.74, 6) is 1.67. The number of carbonyl (C=O) groups is 1. The molecule has 1 aromatic carbocycles. The summed E-state index contributed by atoms with van der Waals surface area (Å²) in [7, 11) is 1.77. The van der Waals surface area contributed by atoms with E-state index in [1.807, 2.05) is 39.5 Å². The lowest BCUT2D eigenvalue weighted by atomic mass is 9.99. The second kappa shape index (κ2) is 13.6. The number of carbonyl (C=O) groups excluding carboxylic acids is 1. The smallest absolute Gasteiger partial charge is 0.410 e. The summed E-state index contributed by atoms with van der Waals surface area (Å²) in [6, 6.07) is 5.37. The van der Waals surface area contributed by atoms with Crippen LogP contribution in [0.4, 0.5) is 4.79 Å². The van der Waals surface area contributed by atoms with Crippen LogP contribution in [0.1, 0.15) is 55.8 Å². The molecule has 0 unspecified atom stereocenters. The number of benzene rings is 1. The number of aromatic nitrogens is 3. The maximum atomic E-state index is 12.7. The normalized spacial score (nSPS) is 15.9. The molecule has 0 bridgehead atoms. The molecule has 2 N–H and O–H groups in total. The van der Waals surface area contributed by atoms with Gasteiger partial charge in [-0.2, -0.15) is 0 Å². The van der Waals surface area contributed by atoms with E-state index >= 15 is 0 Å². The third-order valence-electron chi connectivity index (χ3n) is 7.24. The standard InChI is InChI=1S/C30H40ClN5O5/c1-17(2)40-30(38)36-13-7-8-21(36)9-12-26-18(3)28(27-19(4)35-41-20(27)5)34-29(33-26)24-14-23(10-11-25(24)31)39-16-22(37)15-32-6/h10-11,14,17,21-22,32,37H,7-9,12-13,15-16H2,1-6H3/t21-,22-/m1/s1. The Morgan fingerprint density at radius 2 is 2.05 bits per heavy atom. The van der Waals surface area contributed by atoms with Crippen molar-refractivity contribution in [1.82, 2.24) is 25.3 Å². The van der Waals surface area contributed by atoms with Crippen LogP contribution in [-0.2, 0) is 11.2 Å². The Morgan fingerprint density at radius 1 is 1.27 bits per heavy atom. The van der Waals surface area contributed by atoms with Gasteiger partial charge in [-0.1, -0.05) is 16.8 Å². The molecule has 1 fully saturated rings. The van der Waals surface area contributed by atoms with Crippen molar-refractivity contribution in [3.63, 3.8) is 0 Å². The minimum absolute atomic E-state index is 0.0749. The lowest BCUT2D eigenvalue weighted by Crippen LogP contribution is -2.37. The second-order valence-corrected chi connectivity index (χ2v) is 11.2. The largest absolute Gasteiger partial charge is 0.491 e. The highest BCUT2D eigenvalue weighted by Crippen LogP contribution is 2.35. The van der Waals surface area contributed by atoms with E-state index in [1.165, 1.54) is 0 Å². The zero-order valence-corrected chi connectivity index (χ0v) is 25.4. The SMILES string of the molecule is CNC[C@@H](O)COc1ccc(Cl)c(-c2nc(CC[C@H]3CCCN3C(=O)OC(C)C)c(C)c(-c3c(C)noc3C)n2)c1. The lowest BCUT2D eigenvalue weighted by molar-refractivity contribution is 0.0722. The van der Waals surface area contributed by atoms with E-state index in [1.54, 1.807) is 25.2 Å². The number of rotatable bonds is 11. The van der Waals surface area contributed by atoms with E-state index < -0.39 is 6.10 Å². The minimum atomic E-state index is -0.652. The van der Waals surface area contributed by atoms with Crippen LogP contribution in [0.2, 0.25) is 5.02 Å². The zero-order chi connectivity index (χ0) is 29.7. The third kappa shape index (κ3) is 7.36. The molecule has 0 saturated carbocycles. The van der Waals surface area contributed by atoms with Gasteiger partial charge in [-0.3, -0.25) is 0 Å². The number of hydrogen-bond acceptors (Lipinski definition) is 9. The van der Waals surface area contributed by atoms with Gasteiger partial charge in [-0.25, -0.2) is 14.8 Å². The van der Waals surface area contributed by atoms with Gasteiger partial charge in [-0.05, 0) is 91.1 Å². The molecule has 2 atom stereocenters. The van der Waals surface area contributed by atoms with Crippen LogP contribution >= 0.6 is 11.6 Å². The number of halogens is 1. The first-order valence-corrected chi connectivity index (χ1v) is 14.5. The predicted octanol–water partition coefficient (Wildman–Crippen LogP) is 5.28. The Labute approximate surface area is 246 Å². The molecule has 4 rings (SSSR count). The van der Waals surface area contributed by atoms with E-state index in [0.29, 0.717) is 47.4 Å². The molecule has 1 aliphatic heterocycles. The number of amides is 1. The Morgan fingerprint density at radius 3 is 2.73 bits per heavy atom. The van der Waals surface area contributed by atoms with Crippen molar-refractivity contribution >= 4 is 17.7 Å². The van der Waals surface area contributed by atoms with Crippen LogP contribution in [0.25, 0.3) is 22.6 Å². The molecule has 3 heterocycles. The Bertz CT molecular complexity index is 1340. The van der Waals surface area contributed by atoms with Crippen LogP contribution in [-0.4, -0.2) is 76.2 Å². The van der Waals surface area contributed by atoms with E-state index in [-0.39, 0.29) is 24.8 Å². The number of aliphatic hydroxyl groups excluding tert-OH is 1. The van der Waals surface area contributed by atoms with Crippen molar-refractivity contribution in [1.29, 1.82) is 0 Å². The first-order valence-electron chi connectivity index (χ1n) is 14.1. The maximum absolute atomic E-state index is 12.7. The van der Waals surface area contributed by atoms with Gasteiger partial charge in [-0.15, -0.1) is 0 Å². The summed E-state index contributed by atoms with van der Waals surface area (Å²) < 4.78 is 16.8. The van der Waals surface area contributed by atoms with Gasteiger partial charge in [0, 0.05) is 30.4 Å². The quantitative estimate of drug-likeness (QED) is 0.309. The van der Waals surface area contributed by atoms with Crippen molar-refractivity contribution in [3.05, 3.63) is 45.9 Å². The Balaban J connectivity index is 1.69. The number of hydrogen-bond donors (Lipinski definition) is 2. The minimum Gasteiger partial charge on any atom is -0.491 e. The fraction of sp³-hybridized carbons (Fsp3) is 0.533. The number of ether oxygens (including phenoxy) is 2. The topological polar surface area (TPSA) is 123 Å². The number of aryl methyl sites for hydroxylation is 3. The van der Waals surface area contributed by atoms with Crippen molar-refractivity contribution < 1.29 is 23.9 Å². The molecule has 2 aromatic heterocycles. The van der Waals surface area contributed by atoms with Crippen LogP contribution in [0.3, 0.4) is 0 Å². The fourth-order valence-electron chi connectivity index (χ4n) is 5.19. The summed E-state index contributed by atoms with van der Waals surface area (Å²) in [6.45, 7) is 10.7. The molecule has 3 aromatic rings. The number of aliphatic hydroxyl groups is 1. The molecule has 1 amide bonds. The molecule has 10 nitrogen and oxygen atoms in total. The lowest BCUT2D eigenvalue weighted by Gasteiger charge is -2.25. The molecule has 0 radical (unpaired) electrons. The van der Waals surface area contributed by atoms with Crippen LogP contribution in [0.5, 0.6) is 5.75 Å². The van der Waals surface area contributed by atoms with Gasteiger partial charge in [0.15, 0.2) is 5.82 Å². The highest BCUT2D eigenvalue weighted by molar-refractivity contribution is 6.33. The van der Waals surface area contributed by atoms with Gasteiger partial charge in [0.1, 0.15) is 24.2 Å². The van der Waals surface area contributed by atoms with Gasteiger partial charge in [0.2, 0.25) is 0 Å². The summed E-state index contributed by atoms with van der Waals surface area (Å²) in [5.41, 5.74) is 4.70. The third-order valence-corrected chi connectivity index (χ3v) is 7.57. The zero-order valence-electron chi connectivity index (χ0n) is 24.7. The molecule has 41 heavy (non-hydrogen) atoms. The molecule has 0 aliphatic carbocycles. The van der Waals surface area contributed by atoms with Crippen LogP contribution < -0.4 is 10.1 Å². The van der Waals surface area contributed by atoms with E-state index in [9.17, 15) is 9.90 Å². The number of nitrogens with zero attached hydrogens (tertiary/aromatic N) is 4. The van der Waals surface area contributed by atoms with Crippen LogP contribution in [0.15, 0.2) is 22.7 Å². The average molecular weight is 586 g/mol. The fourth-order valence-corrected chi connectivity index (χ4v) is 5.39. The molecule has 222 valence electrons. The predicted molar refractivity (Wildman–Crippen MR) is 157 cm³/mol. The van der Waals surface area contributed by atoms with E-state index in [0.717, 1.165) is 47.5 Å². The highest BCUT2D eigenvalue weighted by atomic mass is 35.5. The van der Waals surface area contributed by atoms with Crippen molar-refractivity contribution in [3.8, 4) is 28.4 Å². The molecular weight excluding hydrogens is 546 g/mol. The highest BCUT2D eigenvalue weighted by Gasteiger charge is 2.31. The van der Waals surface area contributed by atoms with Crippen LogP contribution in [0, 0.1) is 20.8 Å². The van der Waals surface area contributed by atoms with Gasteiger partial charge < -0.3 is 29.3 Å². The van der Waals surface area contributed by atoms with E-state index in [2.05, 4.69) is 10.5 Å². The molecule has 1 saturated heterocycles. The van der Waals surface area contributed by atoms with Gasteiger partial charge >= 0.3 is 6.09 Å².